The van der Waals surface area contributed by atoms with Gasteiger partial charge in [0.15, 0.2) is 5.11 Å². The van der Waals surface area contributed by atoms with E-state index in [4.69, 9.17) is 21.7 Å². The molecule has 6 heteroatoms. The highest BCUT2D eigenvalue weighted by Gasteiger charge is 1.98. The molecule has 0 unspecified atom stereocenters. The fourth-order valence-electron chi connectivity index (χ4n) is 2.37. The molecule has 0 atom stereocenters. The molecule has 0 aliphatic carbocycles. The minimum Gasteiger partial charge on any atom is -0.497 e. The van der Waals surface area contributed by atoms with Crippen molar-refractivity contribution in [2.24, 2.45) is 5.10 Å². The first-order valence-corrected chi connectivity index (χ1v) is 9.59. The molecule has 2 aromatic carbocycles. The lowest BCUT2D eigenvalue weighted by molar-refractivity contribution is 0.305. The highest BCUT2D eigenvalue weighted by Crippen LogP contribution is 2.15. The van der Waals surface area contributed by atoms with E-state index in [9.17, 15) is 0 Å². The molecule has 2 aromatic rings. The smallest absolute Gasteiger partial charge is 0.191 e. The fourth-order valence-corrected chi connectivity index (χ4v) is 2.54. The maximum atomic E-state index is 5.73. The number of hydrazone groups is 1. The summed E-state index contributed by atoms with van der Waals surface area (Å²) < 4.78 is 10.9. The molecule has 0 radical (unpaired) electrons. The van der Waals surface area contributed by atoms with Crippen LogP contribution in [0.3, 0.4) is 0 Å². The van der Waals surface area contributed by atoms with Crippen molar-refractivity contribution in [1.82, 2.24) is 5.43 Å². The summed E-state index contributed by atoms with van der Waals surface area (Å²) in [6.07, 6.45) is 6.53. The van der Waals surface area contributed by atoms with Gasteiger partial charge < -0.3 is 14.8 Å². The van der Waals surface area contributed by atoms with Crippen molar-refractivity contribution in [1.29, 1.82) is 0 Å². The Hall–Kier alpha value is -2.60. The van der Waals surface area contributed by atoms with Gasteiger partial charge in [-0.05, 0) is 72.7 Å². The Kier molecular flexibility index (Phi) is 9.13. The predicted octanol–water partition coefficient (Wildman–Crippen LogP) is 4.97. The monoisotopic (exact) mass is 385 g/mol. The lowest BCUT2D eigenvalue weighted by Crippen LogP contribution is -2.23. The zero-order chi connectivity index (χ0) is 19.3. The number of ether oxygens (including phenoxy) is 2. The molecule has 0 aromatic heterocycles. The number of rotatable bonds is 10. The number of nitrogens with one attached hydrogen (secondary N) is 2. The third kappa shape index (κ3) is 8.09. The van der Waals surface area contributed by atoms with Gasteiger partial charge in [-0.3, -0.25) is 5.43 Å². The number of thiocarbonyl (C=S) groups is 1. The van der Waals surface area contributed by atoms with Crippen molar-refractivity contribution in [2.75, 3.05) is 19.0 Å². The van der Waals surface area contributed by atoms with E-state index in [2.05, 4.69) is 22.8 Å². The van der Waals surface area contributed by atoms with Crippen LogP contribution in [0, 0.1) is 0 Å². The molecule has 0 amide bonds. The maximum Gasteiger partial charge on any atom is 0.191 e. The molecule has 5 nitrogen and oxygen atoms in total. The average Bonchev–Trinajstić information content (AvgIpc) is 2.69. The molecule has 0 bridgehead atoms. The zero-order valence-electron chi connectivity index (χ0n) is 15.9. The van der Waals surface area contributed by atoms with Crippen LogP contribution in [-0.4, -0.2) is 25.0 Å². The van der Waals surface area contributed by atoms with Crippen LogP contribution in [0.1, 0.15) is 38.2 Å². The highest BCUT2D eigenvalue weighted by molar-refractivity contribution is 7.80. The predicted molar refractivity (Wildman–Crippen MR) is 116 cm³/mol. The third-order valence-electron chi connectivity index (χ3n) is 3.87. The molecule has 0 aliphatic heterocycles. The minimum absolute atomic E-state index is 0.420. The molecule has 0 spiro atoms. The molecule has 0 aliphatic rings. The first kappa shape index (κ1) is 20.7. The van der Waals surface area contributed by atoms with Crippen molar-refractivity contribution in [3.8, 4) is 11.5 Å². The number of methoxy groups -OCH3 is 1. The molecule has 0 heterocycles. The first-order chi connectivity index (χ1) is 13.2. The molecule has 2 rings (SSSR count). The molecule has 144 valence electrons. The Morgan fingerprint density at radius 2 is 1.70 bits per heavy atom. The second-order valence-electron chi connectivity index (χ2n) is 6.03. The Morgan fingerprint density at radius 3 is 2.37 bits per heavy atom. The van der Waals surface area contributed by atoms with E-state index >= 15 is 0 Å². The third-order valence-corrected chi connectivity index (χ3v) is 4.07. The summed E-state index contributed by atoms with van der Waals surface area (Å²) >= 11 is 5.22. The molecule has 0 saturated carbocycles. The molecular weight excluding hydrogens is 358 g/mol. The summed E-state index contributed by atoms with van der Waals surface area (Å²) in [4.78, 5) is 0. The molecule has 0 fully saturated rings. The van der Waals surface area contributed by atoms with E-state index in [0.717, 1.165) is 35.8 Å². The van der Waals surface area contributed by atoms with Crippen molar-refractivity contribution < 1.29 is 9.47 Å². The largest absolute Gasteiger partial charge is 0.497 e. The van der Waals surface area contributed by atoms with Crippen LogP contribution < -0.4 is 20.2 Å². The van der Waals surface area contributed by atoms with Gasteiger partial charge in [-0.15, -0.1) is 0 Å². The highest BCUT2D eigenvalue weighted by atomic mass is 32.1. The fraction of sp³-hybridized carbons (Fsp3) is 0.333. The van der Waals surface area contributed by atoms with Crippen LogP contribution in [0.25, 0.3) is 0 Å². The van der Waals surface area contributed by atoms with Gasteiger partial charge >= 0.3 is 0 Å². The van der Waals surface area contributed by atoms with Gasteiger partial charge in [-0.1, -0.05) is 26.2 Å². The summed E-state index contributed by atoms with van der Waals surface area (Å²) in [6.45, 7) is 2.97. The Labute approximate surface area is 166 Å². The number of anilines is 1. The van der Waals surface area contributed by atoms with E-state index < -0.39 is 0 Å². The standard InChI is InChI=1S/C21H27N3O2S/c1-3-4-5-6-15-26-20-11-7-17(8-12-20)16-22-24-21(27)23-18-9-13-19(25-2)14-10-18/h7-14,16H,3-6,15H2,1-2H3,(H2,23,24,27). The van der Waals surface area contributed by atoms with E-state index in [1.54, 1.807) is 13.3 Å². The summed E-state index contributed by atoms with van der Waals surface area (Å²) in [5.74, 6) is 1.68. The van der Waals surface area contributed by atoms with Crippen molar-refractivity contribution in [2.45, 2.75) is 32.6 Å². The minimum atomic E-state index is 0.420. The molecular formula is C21H27N3O2S. The normalized spacial score (nSPS) is 10.6. The number of unbranched alkanes of at least 4 members (excludes halogenated alkanes) is 3. The van der Waals surface area contributed by atoms with Gasteiger partial charge in [0.25, 0.3) is 0 Å². The zero-order valence-corrected chi connectivity index (χ0v) is 16.7. The van der Waals surface area contributed by atoms with Crippen LogP contribution in [0.5, 0.6) is 11.5 Å². The SMILES string of the molecule is CCCCCCOc1ccc(C=NNC(=S)Nc2ccc(OC)cc2)cc1. The average molecular weight is 386 g/mol. The van der Waals surface area contributed by atoms with Crippen LogP contribution in [-0.2, 0) is 0 Å². The van der Waals surface area contributed by atoms with Gasteiger partial charge in [0, 0.05) is 5.69 Å². The van der Waals surface area contributed by atoms with Gasteiger partial charge in [0.2, 0.25) is 0 Å². The summed E-state index contributed by atoms with van der Waals surface area (Å²) in [5.41, 5.74) is 4.63. The van der Waals surface area contributed by atoms with Gasteiger partial charge in [-0.25, -0.2) is 0 Å². The number of nitrogens with zero attached hydrogens (tertiary/aromatic N) is 1. The van der Waals surface area contributed by atoms with Crippen molar-refractivity contribution in [3.63, 3.8) is 0 Å². The second-order valence-corrected chi connectivity index (χ2v) is 6.44. The van der Waals surface area contributed by atoms with Crippen LogP contribution in [0.15, 0.2) is 53.6 Å². The van der Waals surface area contributed by atoms with E-state index in [0.29, 0.717) is 5.11 Å². The molecule has 0 saturated heterocycles. The summed E-state index contributed by atoms with van der Waals surface area (Å²) in [5, 5.41) is 7.63. The number of benzene rings is 2. The van der Waals surface area contributed by atoms with Crippen LogP contribution in [0.4, 0.5) is 5.69 Å². The van der Waals surface area contributed by atoms with Gasteiger partial charge in [0.1, 0.15) is 11.5 Å². The van der Waals surface area contributed by atoms with Crippen molar-refractivity contribution in [3.05, 3.63) is 54.1 Å². The number of hydrogen-bond donors (Lipinski definition) is 2. The second kappa shape index (κ2) is 11.9. The van der Waals surface area contributed by atoms with E-state index in [1.807, 2.05) is 48.5 Å². The van der Waals surface area contributed by atoms with Crippen LogP contribution >= 0.6 is 12.2 Å². The van der Waals surface area contributed by atoms with E-state index in [-0.39, 0.29) is 0 Å². The van der Waals surface area contributed by atoms with Crippen LogP contribution in [0.2, 0.25) is 0 Å². The van der Waals surface area contributed by atoms with Gasteiger partial charge in [-0.2, -0.15) is 5.10 Å². The maximum absolute atomic E-state index is 5.73. The Balaban J connectivity index is 1.72. The first-order valence-electron chi connectivity index (χ1n) is 9.18. The Bertz CT molecular complexity index is 715. The Morgan fingerprint density at radius 1 is 1.00 bits per heavy atom. The molecule has 2 N–H and O–H groups in total. The lowest BCUT2D eigenvalue weighted by atomic mass is 10.2. The van der Waals surface area contributed by atoms with E-state index in [1.165, 1.54) is 19.3 Å². The number of hydrogen-bond acceptors (Lipinski definition) is 4. The lowest BCUT2D eigenvalue weighted by Gasteiger charge is -2.08. The summed E-state index contributed by atoms with van der Waals surface area (Å²) in [7, 11) is 1.63. The van der Waals surface area contributed by atoms with Crippen molar-refractivity contribution >= 4 is 29.2 Å². The quantitative estimate of drug-likeness (QED) is 0.262. The summed E-state index contributed by atoms with van der Waals surface area (Å²) in [6, 6.07) is 15.3. The van der Waals surface area contributed by atoms with Gasteiger partial charge in [0.05, 0.1) is 19.9 Å². The molecule has 27 heavy (non-hydrogen) atoms. The topological polar surface area (TPSA) is 54.9 Å².